The van der Waals surface area contributed by atoms with Crippen molar-refractivity contribution < 1.29 is 27.4 Å². The van der Waals surface area contributed by atoms with Crippen LogP contribution in [-0.4, -0.2) is 50.2 Å². The number of carbonyl (C=O) groups excluding carboxylic acids is 1. The molecule has 0 saturated heterocycles. The number of hydrogen-bond donors (Lipinski definition) is 2. The van der Waals surface area contributed by atoms with Gasteiger partial charge in [-0.3, -0.25) is 4.79 Å². The van der Waals surface area contributed by atoms with Gasteiger partial charge in [-0.15, -0.1) is 11.8 Å². The van der Waals surface area contributed by atoms with Gasteiger partial charge >= 0.3 is 0 Å². The largest absolute Gasteiger partial charge is 0.497 e. The van der Waals surface area contributed by atoms with E-state index in [0.29, 0.717) is 41.9 Å². The second-order valence-corrected chi connectivity index (χ2v) is 10.3. The lowest BCUT2D eigenvalue weighted by Gasteiger charge is -2.19. The lowest BCUT2D eigenvalue weighted by molar-refractivity contribution is -0.116. The Morgan fingerprint density at radius 3 is 2.56 bits per heavy atom. The molecule has 4 rings (SSSR count). The first kappa shape index (κ1) is 23.8. The van der Waals surface area contributed by atoms with Gasteiger partial charge in [-0.25, -0.2) is 13.1 Å². The number of thioether (sulfide) groups is 1. The fourth-order valence-electron chi connectivity index (χ4n) is 3.37. The summed E-state index contributed by atoms with van der Waals surface area (Å²) in [6, 6.07) is 11.1. The van der Waals surface area contributed by atoms with Gasteiger partial charge in [-0.05, 0) is 42.2 Å². The summed E-state index contributed by atoms with van der Waals surface area (Å²) < 4.78 is 44.0. The average molecular weight is 505 g/mol. The van der Waals surface area contributed by atoms with Crippen LogP contribution in [0.4, 0.5) is 11.5 Å². The van der Waals surface area contributed by atoms with Crippen molar-refractivity contribution in [3.63, 3.8) is 0 Å². The van der Waals surface area contributed by atoms with Crippen molar-refractivity contribution in [2.24, 2.45) is 0 Å². The molecule has 3 aromatic rings. The van der Waals surface area contributed by atoms with Crippen molar-refractivity contribution in [1.82, 2.24) is 9.78 Å². The Bertz CT molecular complexity index is 1310. The SMILES string of the molecule is CCSc1nn(CC(=O)Nc2ccc3c(c2)OCCO3)c(N)c1S(=O)(=O)c1ccc(OC)cc1. The third kappa shape index (κ3) is 4.77. The molecule has 0 aliphatic carbocycles. The molecule has 0 atom stereocenters. The molecule has 0 radical (unpaired) electrons. The molecule has 1 aromatic heterocycles. The fourth-order valence-corrected chi connectivity index (χ4v) is 5.92. The van der Waals surface area contributed by atoms with E-state index in [1.165, 1.54) is 35.7 Å². The lowest BCUT2D eigenvalue weighted by atomic mass is 10.2. The second kappa shape index (κ2) is 9.85. The number of carbonyl (C=O) groups is 1. The van der Waals surface area contributed by atoms with Crippen molar-refractivity contribution >= 4 is 39.0 Å². The average Bonchev–Trinajstić information content (AvgIpc) is 3.14. The number of sulfone groups is 1. The summed E-state index contributed by atoms with van der Waals surface area (Å²) >= 11 is 1.23. The van der Waals surface area contributed by atoms with Crippen molar-refractivity contribution in [2.45, 2.75) is 28.3 Å². The zero-order valence-corrected chi connectivity index (χ0v) is 20.2. The summed E-state index contributed by atoms with van der Waals surface area (Å²) in [5.74, 6) is 1.72. The summed E-state index contributed by atoms with van der Waals surface area (Å²) in [5.41, 5.74) is 6.72. The molecular weight excluding hydrogens is 480 g/mol. The van der Waals surface area contributed by atoms with E-state index in [9.17, 15) is 13.2 Å². The lowest BCUT2D eigenvalue weighted by Crippen LogP contribution is -2.21. The molecule has 0 unspecified atom stereocenters. The van der Waals surface area contributed by atoms with E-state index < -0.39 is 15.7 Å². The third-order valence-electron chi connectivity index (χ3n) is 4.96. The minimum Gasteiger partial charge on any atom is -0.497 e. The number of amides is 1. The number of methoxy groups -OCH3 is 1. The number of nitrogens with two attached hydrogens (primary N) is 1. The van der Waals surface area contributed by atoms with Gasteiger partial charge in [-0.1, -0.05) is 6.92 Å². The van der Waals surface area contributed by atoms with Crippen molar-refractivity contribution in [2.75, 3.05) is 37.1 Å². The van der Waals surface area contributed by atoms with Crippen LogP contribution in [0.1, 0.15) is 6.92 Å². The number of anilines is 2. The number of nitrogens with one attached hydrogen (secondary N) is 1. The highest BCUT2D eigenvalue weighted by Gasteiger charge is 2.30. The zero-order valence-electron chi connectivity index (χ0n) is 18.6. The molecule has 1 aliphatic heterocycles. The van der Waals surface area contributed by atoms with E-state index in [1.807, 2.05) is 6.92 Å². The van der Waals surface area contributed by atoms with Gasteiger partial charge in [0.15, 0.2) is 11.5 Å². The topological polar surface area (TPSA) is 135 Å². The number of rotatable bonds is 8. The third-order valence-corrected chi connectivity index (χ3v) is 7.77. The van der Waals surface area contributed by atoms with Crippen LogP contribution >= 0.6 is 11.8 Å². The molecule has 34 heavy (non-hydrogen) atoms. The van der Waals surface area contributed by atoms with Gasteiger partial charge in [0.05, 0.1) is 12.0 Å². The monoisotopic (exact) mass is 504 g/mol. The highest BCUT2D eigenvalue weighted by molar-refractivity contribution is 8.00. The summed E-state index contributed by atoms with van der Waals surface area (Å²) in [6.07, 6.45) is 0. The number of ether oxygens (including phenoxy) is 3. The molecule has 1 aliphatic rings. The molecule has 12 heteroatoms. The van der Waals surface area contributed by atoms with Gasteiger partial charge in [0, 0.05) is 11.8 Å². The van der Waals surface area contributed by atoms with E-state index in [2.05, 4.69) is 10.4 Å². The highest BCUT2D eigenvalue weighted by Crippen LogP contribution is 2.36. The molecule has 0 fully saturated rings. The molecule has 1 amide bonds. The molecule has 0 bridgehead atoms. The normalized spacial score (nSPS) is 12.9. The Balaban J connectivity index is 1.59. The summed E-state index contributed by atoms with van der Waals surface area (Å²) in [7, 11) is -2.48. The van der Waals surface area contributed by atoms with Crippen LogP contribution < -0.4 is 25.3 Å². The molecule has 0 saturated carbocycles. The zero-order chi connectivity index (χ0) is 24.3. The molecule has 10 nitrogen and oxygen atoms in total. The van der Waals surface area contributed by atoms with E-state index in [-0.39, 0.29) is 27.2 Å². The van der Waals surface area contributed by atoms with Gasteiger partial charge in [0.2, 0.25) is 15.7 Å². The van der Waals surface area contributed by atoms with Crippen LogP contribution in [0.2, 0.25) is 0 Å². The minimum absolute atomic E-state index is 0.0539. The first-order chi connectivity index (χ1) is 16.3. The number of benzene rings is 2. The molecule has 180 valence electrons. The van der Waals surface area contributed by atoms with E-state index >= 15 is 0 Å². The number of hydrogen-bond acceptors (Lipinski definition) is 9. The van der Waals surface area contributed by atoms with Crippen molar-refractivity contribution in [3.8, 4) is 17.2 Å². The molecule has 2 heterocycles. The molecule has 0 spiro atoms. The van der Waals surface area contributed by atoms with Crippen LogP contribution in [-0.2, 0) is 21.2 Å². The fraction of sp³-hybridized carbons (Fsp3) is 0.273. The van der Waals surface area contributed by atoms with Crippen molar-refractivity contribution in [1.29, 1.82) is 0 Å². The summed E-state index contributed by atoms with van der Waals surface area (Å²) in [5, 5.41) is 7.31. The van der Waals surface area contributed by atoms with Crippen LogP contribution in [0.3, 0.4) is 0 Å². The van der Waals surface area contributed by atoms with Crippen LogP contribution in [0.15, 0.2) is 57.3 Å². The van der Waals surface area contributed by atoms with Gasteiger partial charge in [0.1, 0.15) is 41.2 Å². The van der Waals surface area contributed by atoms with E-state index in [4.69, 9.17) is 19.9 Å². The molecule has 2 aromatic carbocycles. The Morgan fingerprint density at radius 1 is 1.18 bits per heavy atom. The predicted octanol–water partition coefficient (Wildman–Crippen LogP) is 2.83. The number of nitrogens with zero attached hydrogens (tertiary/aromatic N) is 2. The van der Waals surface area contributed by atoms with Crippen LogP contribution in [0.25, 0.3) is 0 Å². The first-order valence-electron chi connectivity index (χ1n) is 10.4. The Kier molecular flexibility index (Phi) is 6.89. The summed E-state index contributed by atoms with van der Waals surface area (Å²) in [4.78, 5) is 12.6. The number of nitrogen functional groups attached to an aromatic ring is 1. The standard InChI is InChI=1S/C22H24N4O6S2/c1-3-33-22-20(34(28,29)16-7-5-15(30-2)6-8-16)21(23)26(25-22)13-19(27)24-14-4-9-17-18(12-14)32-11-10-31-17/h4-9,12H,3,10-11,13,23H2,1-2H3,(H,24,27). The quantitative estimate of drug-likeness (QED) is 0.444. The van der Waals surface area contributed by atoms with Crippen LogP contribution in [0.5, 0.6) is 17.2 Å². The summed E-state index contributed by atoms with van der Waals surface area (Å²) in [6.45, 7) is 2.50. The maximum Gasteiger partial charge on any atom is 0.246 e. The smallest absolute Gasteiger partial charge is 0.246 e. The predicted molar refractivity (Wildman–Crippen MR) is 128 cm³/mol. The maximum atomic E-state index is 13.4. The Labute approximate surface area is 201 Å². The Morgan fingerprint density at radius 2 is 1.88 bits per heavy atom. The minimum atomic E-state index is -3.98. The van der Waals surface area contributed by atoms with E-state index in [0.717, 1.165) is 0 Å². The van der Waals surface area contributed by atoms with Gasteiger partial charge < -0.3 is 25.3 Å². The number of fused-ring (bicyclic) bond motifs is 1. The maximum absolute atomic E-state index is 13.4. The second-order valence-electron chi connectivity index (χ2n) is 7.20. The van der Waals surface area contributed by atoms with Crippen molar-refractivity contribution in [3.05, 3.63) is 42.5 Å². The molecule has 3 N–H and O–H groups in total. The van der Waals surface area contributed by atoms with Gasteiger partial charge in [-0.2, -0.15) is 5.10 Å². The van der Waals surface area contributed by atoms with E-state index in [1.54, 1.807) is 30.3 Å². The molecular formula is C22H24N4O6S2. The number of aromatic nitrogens is 2. The first-order valence-corrected chi connectivity index (χ1v) is 12.9. The van der Waals surface area contributed by atoms with Gasteiger partial charge in [0.25, 0.3) is 0 Å². The Hall–Kier alpha value is -3.38. The highest BCUT2D eigenvalue weighted by atomic mass is 32.2. The van der Waals surface area contributed by atoms with Crippen LogP contribution in [0, 0.1) is 0 Å².